The highest BCUT2D eigenvalue weighted by Gasteiger charge is 2.10. The number of methoxy groups -OCH3 is 1. The van der Waals surface area contributed by atoms with Crippen molar-refractivity contribution in [1.29, 1.82) is 0 Å². The molecule has 0 saturated carbocycles. The topological polar surface area (TPSA) is 18.5 Å². The van der Waals surface area contributed by atoms with Crippen molar-refractivity contribution in [1.82, 2.24) is 0 Å². The summed E-state index contributed by atoms with van der Waals surface area (Å²) in [5.41, 5.74) is 0. The Kier molecular flexibility index (Phi) is 6.42. The van der Waals surface area contributed by atoms with E-state index in [-0.39, 0.29) is 0 Å². The van der Waals surface area contributed by atoms with Gasteiger partial charge in [-0.1, -0.05) is 20.8 Å². The maximum Gasteiger partial charge on any atom is 0.0809 e. The summed E-state index contributed by atoms with van der Waals surface area (Å²) >= 11 is 3.68. The number of hydrogen-bond donors (Lipinski definition) is 0. The average Bonchev–Trinajstić information content (AvgIpc) is 3.08. The third-order valence-corrected chi connectivity index (χ3v) is 5.97. The molecule has 2 aromatic heterocycles. The van der Waals surface area contributed by atoms with Gasteiger partial charge in [-0.2, -0.15) is 0 Å². The Balaban J connectivity index is 1.78. The lowest BCUT2D eigenvalue weighted by Crippen LogP contribution is -2.02. The molecule has 2 nitrogen and oxygen atoms in total. The van der Waals surface area contributed by atoms with Crippen LogP contribution in [0.25, 0.3) is 0 Å². The minimum Gasteiger partial charge on any atom is -0.379 e. The summed E-state index contributed by atoms with van der Waals surface area (Å²) in [5, 5.41) is 0. The third kappa shape index (κ3) is 4.92. The van der Waals surface area contributed by atoms with Crippen LogP contribution in [0.1, 0.15) is 52.1 Å². The highest BCUT2D eigenvalue weighted by atomic mass is 32.1. The Morgan fingerprint density at radius 3 is 2.14 bits per heavy atom. The highest BCUT2D eigenvalue weighted by molar-refractivity contribution is 7.12. The van der Waals surface area contributed by atoms with E-state index < -0.39 is 0 Å². The largest absolute Gasteiger partial charge is 0.379 e. The van der Waals surface area contributed by atoms with E-state index in [2.05, 4.69) is 45.0 Å². The SMILES string of the molecule is COCc1ccc([C@H](C)COCc2ccc(C(C)C)s2)s1. The molecule has 0 unspecified atom stereocenters. The second-order valence-electron chi connectivity index (χ2n) is 5.61. The predicted molar refractivity (Wildman–Crippen MR) is 91.5 cm³/mol. The molecular formula is C17H24O2S2. The number of rotatable bonds is 8. The molecule has 0 fully saturated rings. The Bertz CT molecular complexity index is 542. The fraction of sp³-hybridized carbons (Fsp3) is 0.529. The smallest absolute Gasteiger partial charge is 0.0809 e. The third-order valence-electron chi connectivity index (χ3n) is 3.32. The average molecular weight is 325 g/mol. The maximum absolute atomic E-state index is 5.88. The second-order valence-corrected chi connectivity index (χ2v) is 8.01. The zero-order chi connectivity index (χ0) is 15.2. The van der Waals surface area contributed by atoms with Crippen molar-refractivity contribution in [2.45, 2.75) is 45.8 Å². The lowest BCUT2D eigenvalue weighted by Gasteiger charge is -2.09. The van der Waals surface area contributed by atoms with Gasteiger partial charge in [0.2, 0.25) is 0 Å². The molecule has 2 heterocycles. The molecule has 1 atom stereocenters. The van der Waals surface area contributed by atoms with Crippen LogP contribution in [-0.4, -0.2) is 13.7 Å². The zero-order valence-corrected chi connectivity index (χ0v) is 14.9. The number of thiophene rings is 2. The summed E-state index contributed by atoms with van der Waals surface area (Å²) in [5.74, 6) is 1.04. The van der Waals surface area contributed by atoms with Crippen molar-refractivity contribution in [2.24, 2.45) is 0 Å². The molecule has 2 rings (SSSR count). The molecule has 0 aromatic carbocycles. The number of ether oxygens (including phenoxy) is 2. The van der Waals surface area contributed by atoms with E-state index in [4.69, 9.17) is 9.47 Å². The summed E-state index contributed by atoms with van der Waals surface area (Å²) in [6, 6.07) is 8.74. The molecule has 116 valence electrons. The van der Waals surface area contributed by atoms with E-state index in [1.807, 2.05) is 22.7 Å². The normalized spacial score (nSPS) is 13.0. The lowest BCUT2D eigenvalue weighted by atomic mass is 10.1. The Hall–Kier alpha value is -0.680. The van der Waals surface area contributed by atoms with E-state index in [9.17, 15) is 0 Å². The van der Waals surface area contributed by atoms with Crippen LogP contribution in [0.2, 0.25) is 0 Å². The van der Waals surface area contributed by atoms with Crippen molar-refractivity contribution in [3.05, 3.63) is 43.8 Å². The van der Waals surface area contributed by atoms with Crippen LogP contribution in [0.15, 0.2) is 24.3 Å². The Morgan fingerprint density at radius 1 is 0.905 bits per heavy atom. The molecule has 0 saturated heterocycles. The molecule has 0 aliphatic heterocycles. The van der Waals surface area contributed by atoms with Gasteiger partial charge >= 0.3 is 0 Å². The molecular weight excluding hydrogens is 300 g/mol. The van der Waals surface area contributed by atoms with Gasteiger partial charge in [0.15, 0.2) is 0 Å². The lowest BCUT2D eigenvalue weighted by molar-refractivity contribution is 0.113. The van der Waals surface area contributed by atoms with Crippen molar-refractivity contribution in [2.75, 3.05) is 13.7 Å². The first-order valence-corrected chi connectivity index (χ1v) is 8.97. The minimum atomic E-state index is 0.435. The van der Waals surface area contributed by atoms with Crippen LogP contribution >= 0.6 is 22.7 Å². The molecule has 0 radical (unpaired) electrons. The molecule has 0 N–H and O–H groups in total. The highest BCUT2D eigenvalue weighted by Crippen LogP contribution is 2.27. The van der Waals surface area contributed by atoms with Crippen molar-refractivity contribution in [3.63, 3.8) is 0 Å². The Morgan fingerprint density at radius 2 is 1.52 bits per heavy atom. The molecule has 0 spiro atoms. The van der Waals surface area contributed by atoms with Gasteiger partial charge in [0, 0.05) is 32.5 Å². The van der Waals surface area contributed by atoms with Crippen molar-refractivity contribution in [3.8, 4) is 0 Å². The second kappa shape index (κ2) is 8.08. The van der Waals surface area contributed by atoms with Crippen molar-refractivity contribution >= 4 is 22.7 Å². The summed E-state index contributed by atoms with van der Waals surface area (Å²) in [4.78, 5) is 5.40. The first-order valence-electron chi connectivity index (χ1n) is 7.34. The molecule has 0 amide bonds. The predicted octanol–water partition coefficient (Wildman–Crippen LogP) is 5.40. The van der Waals surface area contributed by atoms with E-state index >= 15 is 0 Å². The molecule has 4 heteroatoms. The van der Waals surface area contributed by atoms with E-state index in [1.165, 1.54) is 19.5 Å². The molecule has 0 aliphatic carbocycles. The minimum absolute atomic E-state index is 0.435. The monoisotopic (exact) mass is 324 g/mol. The van der Waals surface area contributed by atoms with Crippen LogP contribution in [-0.2, 0) is 22.7 Å². The fourth-order valence-electron chi connectivity index (χ4n) is 2.08. The van der Waals surface area contributed by atoms with E-state index in [1.54, 1.807) is 7.11 Å². The van der Waals surface area contributed by atoms with Crippen LogP contribution in [0.3, 0.4) is 0 Å². The van der Waals surface area contributed by atoms with Gasteiger partial charge in [-0.3, -0.25) is 0 Å². The quantitative estimate of drug-likeness (QED) is 0.647. The van der Waals surface area contributed by atoms with Gasteiger partial charge in [0.25, 0.3) is 0 Å². The van der Waals surface area contributed by atoms with Gasteiger partial charge in [0.1, 0.15) is 0 Å². The van der Waals surface area contributed by atoms with Crippen molar-refractivity contribution < 1.29 is 9.47 Å². The van der Waals surface area contributed by atoms with Crippen LogP contribution < -0.4 is 0 Å². The summed E-state index contributed by atoms with van der Waals surface area (Å²) in [6.07, 6.45) is 0. The van der Waals surface area contributed by atoms with Crippen LogP contribution in [0.5, 0.6) is 0 Å². The molecule has 2 aromatic rings. The summed E-state index contributed by atoms with van der Waals surface area (Å²) in [6.45, 7) is 8.86. The first kappa shape index (κ1) is 16.7. The fourth-order valence-corrected chi connectivity index (χ4v) is 4.05. The van der Waals surface area contributed by atoms with Crippen LogP contribution in [0, 0.1) is 0 Å². The van der Waals surface area contributed by atoms with Gasteiger partial charge in [-0.05, 0) is 30.2 Å². The molecule has 21 heavy (non-hydrogen) atoms. The van der Waals surface area contributed by atoms with Gasteiger partial charge < -0.3 is 9.47 Å². The van der Waals surface area contributed by atoms with Gasteiger partial charge in [-0.25, -0.2) is 0 Å². The Labute approximate surface area is 135 Å². The first-order chi connectivity index (χ1) is 10.1. The van der Waals surface area contributed by atoms with E-state index in [0.29, 0.717) is 18.4 Å². The van der Waals surface area contributed by atoms with Gasteiger partial charge in [0.05, 0.1) is 19.8 Å². The maximum atomic E-state index is 5.88. The summed E-state index contributed by atoms with van der Waals surface area (Å²) < 4.78 is 11.0. The zero-order valence-electron chi connectivity index (χ0n) is 13.2. The standard InChI is InChI=1S/C17H24O2S2/c1-12(2)16-7-5-15(20-16)11-19-9-13(3)17-8-6-14(21-17)10-18-4/h5-8,12-13H,9-11H2,1-4H3/t13-/m1/s1. The van der Waals surface area contributed by atoms with Gasteiger partial charge in [-0.15, -0.1) is 22.7 Å². The molecule has 0 aliphatic rings. The molecule has 0 bridgehead atoms. The van der Waals surface area contributed by atoms with E-state index in [0.717, 1.165) is 13.2 Å². The summed E-state index contributed by atoms with van der Waals surface area (Å²) in [7, 11) is 1.73. The van der Waals surface area contributed by atoms with Crippen LogP contribution in [0.4, 0.5) is 0 Å². The number of hydrogen-bond acceptors (Lipinski definition) is 4.